The third-order valence-electron chi connectivity index (χ3n) is 2.44. The van der Waals surface area contributed by atoms with Crippen molar-refractivity contribution in [2.75, 3.05) is 0 Å². The maximum Gasteiger partial charge on any atom is 0.328 e. The molecule has 0 bridgehead atoms. The van der Waals surface area contributed by atoms with Crippen LogP contribution in [0, 0.1) is 18.2 Å². The van der Waals surface area contributed by atoms with Crippen molar-refractivity contribution >= 4 is 0 Å². The van der Waals surface area contributed by atoms with E-state index in [0.717, 1.165) is 21.9 Å². The van der Waals surface area contributed by atoms with Gasteiger partial charge in [0.1, 0.15) is 0 Å². The number of halogens is 1. The van der Waals surface area contributed by atoms with Gasteiger partial charge in [-0.1, -0.05) is 18.1 Å². The van der Waals surface area contributed by atoms with Crippen molar-refractivity contribution in [3.8, 4) is 12.3 Å². The van der Waals surface area contributed by atoms with E-state index >= 15 is 0 Å². The smallest absolute Gasteiger partial charge is 0.293 e. The lowest BCUT2D eigenvalue weighted by molar-refractivity contribution is 0.566. The molecule has 2 rings (SSSR count). The second kappa shape index (κ2) is 4.72. The highest BCUT2D eigenvalue weighted by molar-refractivity contribution is 5.34. The van der Waals surface area contributed by atoms with E-state index in [9.17, 15) is 14.0 Å². The molecule has 0 aliphatic rings. The Bertz CT molecular complexity index is 720. The Morgan fingerprint density at radius 2 is 1.94 bits per heavy atom. The number of hydrogen-bond donors (Lipinski definition) is 1. The van der Waals surface area contributed by atoms with Crippen molar-refractivity contribution in [1.29, 1.82) is 0 Å². The summed E-state index contributed by atoms with van der Waals surface area (Å²) in [5.74, 6) is 1.48. The number of nitrogens with zero attached hydrogens (tertiary/aromatic N) is 1. The SMILES string of the molecule is C#Cc1ccc(Cn2cc(F)c(=O)[nH]c2=O)cc1. The minimum atomic E-state index is -1.01. The summed E-state index contributed by atoms with van der Waals surface area (Å²) in [6.45, 7) is 0.164. The van der Waals surface area contributed by atoms with Gasteiger partial charge in [0.2, 0.25) is 5.82 Å². The van der Waals surface area contributed by atoms with Gasteiger partial charge >= 0.3 is 5.69 Å². The molecule has 1 aromatic heterocycles. The lowest BCUT2D eigenvalue weighted by atomic mass is 10.1. The number of aromatic nitrogens is 2. The fourth-order valence-electron chi connectivity index (χ4n) is 1.50. The molecule has 0 fully saturated rings. The van der Waals surface area contributed by atoms with Crippen LogP contribution in [0.15, 0.2) is 40.1 Å². The first kappa shape index (κ1) is 11.9. The Labute approximate surface area is 102 Å². The molecule has 1 aromatic carbocycles. The summed E-state index contributed by atoms with van der Waals surface area (Å²) in [5, 5.41) is 0. The van der Waals surface area contributed by atoms with Gasteiger partial charge in [-0.3, -0.25) is 14.3 Å². The van der Waals surface area contributed by atoms with Gasteiger partial charge in [0.15, 0.2) is 0 Å². The second-order valence-electron chi connectivity index (χ2n) is 3.71. The Morgan fingerprint density at radius 1 is 1.28 bits per heavy atom. The normalized spacial score (nSPS) is 10.0. The van der Waals surface area contributed by atoms with E-state index in [1.807, 2.05) is 4.98 Å². The predicted molar refractivity (Wildman–Crippen MR) is 64.8 cm³/mol. The number of aromatic amines is 1. The summed E-state index contributed by atoms with van der Waals surface area (Å²) >= 11 is 0. The minimum Gasteiger partial charge on any atom is -0.293 e. The van der Waals surface area contributed by atoms with Gasteiger partial charge in [-0.2, -0.15) is 4.39 Å². The molecule has 1 N–H and O–H groups in total. The van der Waals surface area contributed by atoms with Crippen LogP contribution in [0.25, 0.3) is 0 Å². The van der Waals surface area contributed by atoms with Crippen molar-refractivity contribution < 1.29 is 4.39 Å². The van der Waals surface area contributed by atoms with Crippen LogP contribution in [0.4, 0.5) is 4.39 Å². The predicted octanol–water partition coefficient (Wildman–Crippen LogP) is 0.705. The zero-order valence-corrected chi connectivity index (χ0v) is 9.31. The quantitative estimate of drug-likeness (QED) is 0.791. The van der Waals surface area contributed by atoms with Crippen LogP contribution in [0.1, 0.15) is 11.1 Å². The van der Waals surface area contributed by atoms with E-state index in [-0.39, 0.29) is 6.54 Å². The largest absolute Gasteiger partial charge is 0.328 e. The zero-order chi connectivity index (χ0) is 13.1. The molecule has 0 aliphatic carbocycles. The van der Waals surface area contributed by atoms with Gasteiger partial charge in [-0.25, -0.2) is 4.79 Å². The van der Waals surface area contributed by atoms with Gasteiger partial charge in [-0.05, 0) is 17.7 Å². The standard InChI is InChI=1S/C13H9FN2O2/c1-2-9-3-5-10(6-4-9)7-16-8-11(14)12(17)15-13(16)18/h1,3-6,8H,7H2,(H,15,17,18). The molecule has 0 aliphatic heterocycles. The Balaban J connectivity index is 2.34. The van der Waals surface area contributed by atoms with Crippen molar-refractivity contribution in [1.82, 2.24) is 9.55 Å². The van der Waals surface area contributed by atoms with Crippen molar-refractivity contribution in [3.63, 3.8) is 0 Å². The summed E-state index contributed by atoms with van der Waals surface area (Å²) in [5.41, 5.74) is -0.164. The molecule has 4 nitrogen and oxygen atoms in total. The Kier molecular flexibility index (Phi) is 3.11. The second-order valence-corrected chi connectivity index (χ2v) is 3.71. The van der Waals surface area contributed by atoms with Gasteiger partial charge < -0.3 is 0 Å². The van der Waals surface area contributed by atoms with Crippen molar-refractivity contribution in [2.45, 2.75) is 6.54 Å². The fourth-order valence-corrected chi connectivity index (χ4v) is 1.50. The van der Waals surface area contributed by atoms with Crippen molar-refractivity contribution in [3.05, 3.63) is 68.2 Å². The van der Waals surface area contributed by atoms with Crippen LogP contribution < -0.4 is 11.2 Å². The highest BCUT2D eigenvalue weighted by atomic mass is 19.1. The summed E-state index contributed by atoms with van der Waals surface area (Å²) in [4.78, 5) is 24.2. The highest BCUT2D eigenvalue weighted by Gasteiger charge is 2.04. The molecular formula is C13H9FN2O2. The number of benzene rings is 1. The molecular weight excluding hydrogens is 235 g/mol. The molecule has 0 radical (unpaired) electrons. The van der Waals surface area contributed by atoms with Gasteiger partial charge in [0.05, 0.1) is 12.7 Å². The number of H-pyrrole nitrogens is 1. The van der Waals surface area contributed by atoms with Gasteiger partial charge in [-0.15, -0.1) is 6.42 Å². The first-order valence-corrected chi connectivity index (χ1v) is 5.15. The monoisotopic (exact) mass is 244 g/mol. The third kappa shape index (κ3) is 2.38. The topological polar surface area (TPSA) is 54.9 Å². The molecule has 0 spiro atoms. The van der Waals surface area contributed by atoms with E-state index in [4.69, 9.17) is 6.42 Å². The molecule has 18 heavy (non-hydrogen) atoms. The van der Waals surface area contributed by atoms with E-state index in [2.05, 4.69) is 5.92 Å². The number of terminal acetylenes is 1. The van der Waals surface area contributed by atoms with Gasteiger partial charge in [0.25, 0.3) is 5.56 Å². The average molecular weight is 244 g/mol. The lowest BCUT2D eigenvalue weighted by Gasteiger charge is -2.05. The number of hydrogen-bond acceptors (Lipinski definition) is 2. The lowest BCUT2D eigenvalue weighted by Crippen LogP contribution is -2.31. The van der Waals surface area contributed by atoms with Crippen LogP contribution in [0.5, 0.6) is 0 Å². The Hall–Kier alpha value is -2.61. The van der Waals surface area contributed by atoms with Crippen LogP contribution in [0.3, 0.4) is 0 Å². The average Bonchev–Trinajstić information content (AvgIpc) is 2.37. The summed E-state index contributed by atoms with van der Waals surface area (Å²) in [7, 11) is 0. The first-order valence-electron chi connectivity index (χ1n) is 5.15. The first-order chi connectivity index (χ1) is 8.60. The van der Waals surface area contributed by atoms with Crippen molar-refractivity contribution in [2.24, 2.45) is 0 Å². The minimum absolute atomic E-state index is 0.164. The molecule has 0 atom stereocenters. The van der Waals surface area contributed by atoms with E-state index in [1.54, 1.807) is 24.3 Å². The van der Waals surface area contributed by atoms with Crippen LogP contribution in [-0.2, 0) is 6.54 Å². The zero-order valence-electron chi connectivity index (χ0n) is 9.31. The van der Waals surface area contributed by atoms with Crippen LogP contribution in [0.2, 0.25) is 0 Å². The van der Waals surface area contributed by atoms with E-state index in [1.165, 1.54) is 0 Å². The molecule has 0 saturated heterocycles. The highest BCUT2D eigenvalue weighted by Crippen LogP contribution is 2.04. The number of rotatable bonds is 2. The van der Waals surface area contributed by atoms with E-state index in [0.29, 0.717) is 0 Å². The molecule has 2 aromatic rings. The Morgan fingerprint density at radius 3 is 2.56 bits per heavy atom. The van der Waals surface area contributed by atoms with Gasteiger partial charge in [0, 0.05) is 5.56 Å². The molecule has 90 valence electrons. The van der Waals surface area contributed by atoms with Crippen LogP contribution >= 0.6 is 0 Å². The maximum absolute atomic E-state index is 13.1. The third-order valence-corrected chi connectivity index (χ3v) is 2.44. The number of nitrogens with one attached hydrogen (secondary N) is 1. The fraction of sp³-hybridized carbons (Fsp3) is 0.0769. The van der Waals surface area contributed by atoms with E-state index < -0.39 is 17.1 Å². The summed E-state index contributed by atoms with van der Waals surface area (Å²) in [6.07, 6.45) is 6.10. The van der Waals surface area contributed by atoms with Crippen LogP contribution in [-0.4, -0.2) is 9.55 Å². The molecule has 0 unspecified atom stereocenters. The molecule has 0 amide bonds. The summed E-state index contributed by atoms with van der Waals surface area (Å²) < 4.78 is 14.1. The molecule has 1 heterocycles. The molecule has 5 heteroatoms. The summed E-state index contributed by atoms with van der Waals surface area (Å²) in [6, 6.07) is 6.93. The molecule has 0 saturated carbocycles. The maximum atomic E-state index is 13.1.